The molecule has 5 nitrogen and oxygen atoms in total. The third-order valence-electron chi connectivity index (χ3n) is 2.94. The average molecular weight is 230 g/mol. The number of carboxylic acid groups (broad SMARTS) is 1. The zero-order chi connectivity index (χ0) is 12.8. The summed E-state index contributed by atoms with van der Waals surface area (Å²) in [4.78, 5) is 22.9. The molecule has 0 saturated heterocycles. The molecule has 0 aliphatic carbocycles. The molecule has 0 bridgehead atoms. The zero-order valence-electron chi connectivity index (χ0n) is 10.5. The number of aliphatic carboxylic acids is 1. The highest BCUT2D eigenvalue weighted by atomic mass is 16.4. The highest BCUT2D eigenvalue weighted by Crippen LogP contribution is 2.16. The van der Waals surface area contributed by atoms with E-state index in [1.165, 1.54) is 0 Å². The Morgan fingerprint density at radius 3 is 2.12 bits per heavy atom. The SMILES string of the molecule is CCC(CC)(NC(=O)C(C)CNC)C(=O)O. The summed E-state index contributed by atoms with van der Waals surface area (Å²) < 4.78 is 0. The molecule has 5 heteroatoms. The molecule has 0 fully saturated rings. The first kappa shape index (κ1) is 14.9. The van der Waals surface area contributed by atoms with E-state index >= 15 is 0 Å². The molecule has 0 heterocycles. The standard InChI is InChI=1S/C11H22N2O3/c1-5-11(6-2,10(15)16)13-9(14)8(3)7-12-4/h8,12H,5-7H2,1-4H3,(H,13,14)(H,15,16). The summed E-state index contributed by atoms with van der Waals surface area (Å²) >= 11 is 0. The van der Waals surface area contributed by atoms with E-state index in [4.69, 9.17) is 5.11 Å². The minimum atomic E-state index is -1.13. The molecule has 3 N–H and O–H groups in total. The van der Waals surface area contributed by atoms with E-state index in [1.807, 2.05) is 0 Å². The lowest BCUT2D eigenvalue weighted by Gasteiger charge is -2.29. The fourth-order valence-corrected chi connectivity index (χ4v) is 1.54. The molecule has 0 radical (unpaired) electrons. The second kappa shape index (κ2) is 6.48. The fraction of sp³-hybridized carbons (Fsp3) is 0.818. The van der Waals surface area contributed by atoms with Crippen LogP contribution >= 0.6 is 0 Å². The first-order valence-electron chi connectivity index (χ1n) is 5.63. The zero-order valence-corrected chi connectivity index (χ0v) is 10.5. The fourth-order valence-electron chi connectivity index (χ4n) is 1.54. The Labute approximate surface area is 96.6 Å². The molecule has 0 saturated carbocycles. The highest BCUT2D eigenvalue weighted by molar-refractivity contribution is 5.87. The number of carboxylic acids is 1. The summed E-state index contributed by atoms with van der Waals surface area (Å²) in [5.41, 5.74) is -1.13. The molecule has 0 aliphatic heterocycles. The van der Waals surface area contributed by atoms with Crippen molar-refractivity contribution in [3.63, 3.8) is 0 Å². The Balaban J connectivity index is 4.64. The van der Waals surface area contributed by atoms with Gasteiger partial charge in [0.05, 0.1) is 0 Å². The number of hydrogen-bond donors (Lipinski definition) is 3. The minimum Gasteiger partial charge on any atom is -0.480 e. The van der Waals surface area contributed by atoms with Gasteiger partial charge in [0.2, 0.25) is 5.91 Å². The van der Waals surface area contributed by atoms with Gasteiger partial charge in [-0.05, 0) is 19.9 Å². The number of carbonyl (C=O) groups excluding carboxylic acids is 1. The Bertz CT molecular complexity index is 250. The molecule has 0 aromatic heterocycles. The summed E-state index contributed by atoms with van der Waals surface area (Å²) in [6.07, 6.45) is 0.772. The van der Waals surface area contributed by atoms with Crippen molar-refractivity contribution in [1.82, 2.24) is 10.6 Å². The van der Waals surface area contributed by atoms with Crippen molar-refractivity contribution < 1.29 is 14.7 Å². The van der Waals surface area contributed by atoms with Gasteiger partial charge in [0.15, 0.2) is 0 Å². The Kier molecular flexibility index (Phi) is 6.03. The molecule has 16 heavy (non-hydrogen) atoms. The van der Waals surface area contributed by atoms with Crippen molar-refractivity contribution in [3.8, 4) is 0 Å². The van der Waals surface area contributed by atoms with Gasteiger partial charge in [0.25, 0.3) is 0 Å². The molecule has 0 spiro atoms. The van der Waals surface area contributed by atoms with Gasteiger partial charge in [-0.15, -0.1) is 0 Å². The van der Waals surface area contributed by atoms with Crippen LogP contribution < -0.4 is 10.6 Å². The lowest BCUT2D eigenvalue weighted by atomic mass is 9.92. The second-order valence-corrected chi connectivity index (χ2v) is 4.04. The van der Waals surface area contributed by atoms with Gasteiger partial charge in [0, 0.05) is 12.5 Å². The molecule has 94 valence electrons. The Hall–Kier alpha value is -1.10. The number of carbonyl (C=O) groups is 2. The van der Waals surface area contributed by atoms with Crippen LogP contribution in [0.15, 0.2) is 0 Å². The van der Waals surface area contributed by atoms with E-state index in [0.29, 0.717) is 19.4 Å². The van der Waals surface area contributed by atoms with Gasteiger partial charge >= 0.3 is 5.97 Å². The molecule has 1 unspecified atom stereocenters. The van der Waals surface area contributed by atoms with Crippen LogP contribution in [-0.2, 0) is 9.59 Å². The van der Waals surface area contributed by atoms with Crippen molar-refractivity contribution in [1.29, 1.82) is 0 Å². The van der Waals surface area contributed by atoms with Crippen molar-refractivity contribution in [3.05, 3.63) is 0 Å². The summed E-state index contributed by atoms with van der Waals surface area (Å²) in [6, 6.07) is 0. The van der Waals surface area contributed by atoms with E-state index in [1.54, 1.807) is 27.8 Å². The second-order valence-electron chi connectivity index (χ2n) is 4.04. The van der Waals surface area contributed by atoms with Crippen LogP contribution in [0.5, 0.6) is 0 Å². The molecule has 0 aromatic carbocycles. The highest BCUT2D eigenvalue weighted by Gasteiger charge is 2.37. The van der Waals surface area contributed by atoms with Gasteiger partial charge in [-0.1, -0.05) is 20.8 Å². The van der Waals surface area contributed by atoms with E-state index < -0.39 is 11.5 Å². The average Bonchev–Trinajstić information content (AvgIpc) is 2.25. The number of rotatable bonds is 7. The largest absolute Gasteiger partial charge is 0.480 e. The summed E-state index contributed by atoms with van der Waals surface area (Å²) in [5, 5.41) is 14.7. The summed E-state index contributed by atoms with van der Waals surface area (Å²) in [7, 11) is 1.76. The van der Waals surface area contributed by atoms with Crippen LogP contribution in [0.2, 0.25) is 0 Å². The van der Waals surface area contributed by atoms with Crippen LogP contribution in [0.1, 0.15) is 33.6 Å². The van der Waals surface area contributed by atoms with E-state index in [0.717, 1.165) is 0 Å². The smallest absolute Gasteiger partial charge is 0.329 e. The third kappa shape index (κ3) is 3.48. The quantitative estimate of drug-likeness (QED) is 0.598. The summed E-state index contributed by atoms with van der Waals surface area (Å²) in [6.45, 7) is 5.83. The maximum Gasteiger partial charge on any atom is 0.329 e. The van der Waals surface area contributed by atoms with Crippen LogP contribution in [0.4, 0.5) is 0 Å². The molecule has 0 rings (SSSR count). The number of amides is 1. The minimum absolute atomic E-state index is 0.222. The number of nitrogens with one attached hydrogen (secondary N) is 2. The van der Waals surface area contributed by atoms with E-state index in [-0.39, 0.29) is 11.8 Å². The predicted octanol–water partition coefficient (Wildman–Crippen LogP) is 0.601. The van der Waals surface area contributed by atoms with Crippen LogP contribution in [-0.4, -0.2) is 36.1 Å². The molecule has 1 atom stereocenters. The molecular weight excluding hydrogens is 208 g/mol. The van der Waals surface area contributed by atoms with Gasteiger partial charge in [-0.25, -0.2) is 4.79 Å². The molecule has 0 aliphatic rings. The van der Waals surface area contributed by atoms with E-state index in [9.17, 15) is 9.59 Å². The van der Waals surface area contributed by atoms with Crippen LogP contribution in [0, 0.1) is 5.92 Å². The van der Waals surface area contributed by atoms with Crippen LogP contribution in [0.3, 0.4) is 0 Å². The van der Waals surface area contributed by atoms with Crippen molar-refractivity contribution in [2.75, 3.05) is 13.6 Å². The van der Waals surface area contributed by atoms with Gasteiger partial charge < -0.3 is 15.7 Å². The number of hydrogen-bond acceptors (Lipinski definition) is 3. The Morgan fingerprint density at radius 1 is 1.31 bits per heavy atom. The lowest BCUT2D eigenvalue weighted by Crippen LogP contribution is -2.55. The Morgan fingerprint density at radius 2 is 1.81 bits per heavy atom. The maximum absolute atomic E-state index is 11.8. The maximum atomic E-state index is 11.8. The molecule has 0 aromatic rings. The van der Waals surface area contributed by atoms with E-state index in [2.05, 4.69) is 10.6 Å². The topological polar surface area (TPSA) is 78.4 Å². The predicted molar refractivity (Wildman–Crippen MR) is 62.2 cm³/mol. The molecule has 1 amide bonds. The monoisotopic (exact) mass is 230 g/mol. The van der Waals surface area contributed by atoms with Gasteiger partial charge in [0.1, 0.15) is 5.54 Å². The summed E-state index contributed by atoms with van der Waals surface area (Å²) in [5.74, 6) is -1.43. The first-order valence-corrected chi connectivity index (χ1v) is 5.63. The van der Waals surface area contributed by atoms with Gasteiger partial charge in [-0.3, -0.25) is 4.79 Å². The van der Waals surface area contributed by atoms with Crippen molar-refractivity contribution in [2.24, 2.45) is 5.92 Å². The lowest BCUT2D eigenvalue weighted by molar-refractivity contribution is -0.148. The first-order chi connectivity index (χ1) is 7.43. The van der Waals surface area contributed by atoms with Crippen molar-refractivity contribution >= 4 is 11.9 Å². The van der Waals surface area contributed by atoms with Crippen molar-refractivity contribution in [2.45, 2.75) is 39.2 Å². The van der Waals surface area contributed by atoms with Crippen LogP contribution in [0.25, 0.3) is 0 Å². The normalized spacial score (nSPS) is 13.2. The third-order valence-corrected chi connectivity index (χ3v) is 2.94. The van der Waals surface area contributed by atoms with Gasteiger partial charge in [-0.2, -0.15) is 0 Å². The molecular formula is C11H22N2O3.